The Morgan fingerprint density at radius 3 is 2.74 bits per heavy atom. The summed E-state index contributed by atoms with van der Waals surface area (Å²) < 4.78 is 10.4. The van der Waals surface area contributed by atoms with Gasteiger partial charge in [-0.25, -0.2) is 0 Å². The molecule has 0 bridgehead atoms. The number of hydrogen-bond donors (Lipinski definition) is 2. The number of methoxy groups -OCH3 is 2. The summed E-state index contributed by atoms with van der Waals surface area (Å²) in [5.74, 6) is 0.417. The number of carboxylic acids is 1. The summed E-state index contributed by atoms with van der Waals surface area (Å²) in [5, 5.41) is 15.5. The van der Waals surface area contributed by atoms with Crippen molar-refractivity contribution in [3.63, 3.8) is 0 Å². The van der Waals surface area contributed by atoms with Gasteiger partial charge in [-0.05, 0) is 24.3 Å². The zero-order chi connectivity index (χ0) is 13.8. The Bertz CT molecular complexity index is 592. The summed E-state index contributed by atoms with van der Waals surface area (Å²) in [7, 11) is 3.14. The van der Waals surface area contributed by atoms with Gasteiger partial charge in [-0.3, -0.25) is 9.89 Å². The first-order valence-electron chi connectivity index (χ1n) is 5.62. The van der Waals surface area contributed by atoms with E-state index in [4.69, 9.17) is 14.6 Å². The van der Waals surface area contributed by atoms with Crippen molar-refractivity contribution in [2.45, 2.75) is 6.42 Å². The molecule has 1 aromatic carbocycles. The summed E-state index contributed by atoms with van der Waals surface area (Å²) in [5.41, 5.74) is 1.90. The normalized spacial score (nSPS) is 10.2. The lowest BCUT2D eigenvalue weighted by atomic mass is 10.1. The van der Waals surface area contributed by atoms with Crippen molar-refractivity contribution < 1.29 is 19.4 Å². The van der Waals surface area contributed by atoms with Crippen molar-refractivity contribution in [1.29, 1.82) is 0 Å². The fourth-order valence-corrected chi connectivity index (χ4v) is 1.77. The van der Waals surface area contributed by atoms with E-state index in [-0.39, 0.29) is 6.42 Å². The molecule has 0 aliphatic heterocycles. The summed E-state index contributed by atoms with van der Waals surface area (Å²) >= 11 is 0. The van der Waals surface area contributed by atoms with Crippen molar-refractivity contribution in [1.82, 2.24) is 10.2 Å². The van der Waals surface area contributed by atoms with Crippen molar-refractivity contribution in [3.05, 3.63) is 30.0 Å². The van der Waals surface area contributed by atoms with E-state index in [0.717, 1.165) is 5.56 Å². The number of hydrogen-bond acceptors (Lipinski definition) is 4. The van der Waals surface area contributed by atoms with Crippen LogP contribution in [0.5, 0.6) is 11.5 Å². The number of aromatic amines is 1. The van der Waals surface area contributed by atoms with Crippen molar-refractivity contribution in [3.8, 4) is 22.8 Å². The van der Waals surface area contributed by atoms with Gasteiger partial charge in [0.05, 0.1) is 26.3 Å². The third-order valence-electron chi connectivity index (χ3n) is 2.66. The molecule has 19 heavy (non-hydrogen) atoms. The first kappa shape index (κ1) is 12.9. The molecule has 2 rings (SSSR count). The lowest BCUT2D eigenvalue weighted by Crippen LogP contribution is -1.99. The van der Waals surface area contributed by atoms with Gasteiger partial charge in [-0.2, -0.15) is 5.10 Å². The fourth-order valence-electron chi connectivity index (χ4n) is 1.77. The molecular weight excluding hydrogens is 248 g/mol. The molecule has 0 radical (unpaired) electrons. The molecule has 0 saturated heterocycles. The first-order chi connectivity index (χ1) is 9.13. The summed E-state index contributed by atoms with van der Waals surface area (Å²) in [6.07, 6.45) is -0.0979. The van der Waals surface area contributed by atoms with E-state index in [0.29, 0.717) is 22.9 Å². The summed E-state index contributed by atoms with van der Waals surface area (Å²) in [6.45, 7) is 0. The van der Waals surface area contributed by atoms with Crippen LogP contribution >= 0.6 is 0 Å². The predicted octanol–water partition coefficient (Wildman–Crippen LogP) is 1.72. The van der Waals surface area contributed by atoms with E-state index >= 15 is 0 Å². The van der Waals surface area contributed by atoms with Gasteiger partial charge in [-0.15, -0.1) is 0 Å². The van der Waals surface area contributed by atoms with Crippen LogP contribution in [0.2, 0.25) is 0 Å². The van der Waals surface area contributed by atoms with E-state index in [2.05, 4.69) is 10.2 Å². The second kappa shape index (κ2) is 5.43. The third kappa shape index (κ3) is 2.85. The molecule has 0 fully saturated rings. The minimum atomic E-state index is -0.909. The van der Waals surface area contributed by atoms with Gasteiger partial charge in [0, 0.05) is 11.3 Å². The highest BCUT2D eigenvalue weighted by Crippen LogP contribution is 2.32. The number of aromatic nitrogens is 2. The second-order valence-electron chi connectivity index (χ2n) is 3.92. The Balaban J connectivity index is 2.39. The van der Waals surface area contributed by atoms with Gasteiger partial charge < -0.3 is 14.6 Å². The molecule has 0 unspecified atom stereocenters. The lowest BCUT2D eigenvalue weighted by molar-refractivity contribution is -0.136. The monoisotopic (exact) mass is 262 g/mol. The molecule has 0 saturated carbocycles. The lowest BCUT2D eigenvalue weighted by Gasteiger charge is -2.08. The molecule has 6 heteroatoms. The Kier molecular flexibility index (Phi) is 3.70. The molecule has 1 aromatic heterocycles. The highest BCUT2D eigenvalue weighted by Gasteiger charge is 2.12. The zero-order valence-electron chi connectivity index (χ0n) is 10.6. The van der Waals surface area contributed by atoms with Crippen LogP contribution < -0.4 is 9.47 Å². The zero-order valence-corrected chi connectivity index (χ0v) is 10.6. The number of aliphatic carboxylic acids is 1. The van der Waals surface area contributed by atoms with Gasteiger partial charge in [0.25, 0.3) is 0 Å². The topological polar surface area (TPSA) is 84.4 Å². The smallest absolute Gasteiger partial charge is 0.309 e. The molecule has 1 heterocycles. The number of ether oxygens (including phenoxy) is 2. The maximum atomic E-state index is 10.6. The number of H-pyrrole nitrogens is 1. The molecule has 0 spiro atoms. The molecule has 100 valence electrons. The number of carboxylic acid groups (broad SMARTS) is 1. The van der Waals surface area contributed by atoms with E-state index in [1.54, 1.807) is 38.5 Å². The first-order valence-corrected chi connectivity index (χ1v) is 5.62. The van der Waals surface area contributed by atoms with Gasteiger partial charge in [0.15, 0.2) is 0 Å². The van der Waals surface area contributed by atoms with E-state index < -0.39 is 5.97 Å². The van der Waals surface area contributed by atoms with Crippen LogP contribution in [0.25, 0.3) is 11.3 Å². The minimum Gasteiger partial charge on any atom is -0.497 e. The van der Waals surface area contributed by atoms with E-state index in [1.165, 1.54) is 0 Å². The maximum Gasteiger partial charge on any atom is 0.309 e. The highest BCUT2D eigenvalue weighted by molar-refractivity contribution is 5.72. The maximum absolute atomic E-state index is 10.6. The number of nitrogens with zero attached hydrogens (tertiary/aromatic N) is 1. The molecular formula is C13H14N2O4. The molecule has 0 aliphatic carbocycles. The van der Waals surface area contributed by atoms with Crippen LogP contribution in [-0.2, 0) is 11.2 Å². The van der Waals surface area contributed by atoms with Gasteiger partial charge >= 0.3 is 5.97 Å². The minimum absolute atomic E-state index is 0.0979. The summed E-state index contributed by atoms with van der Waals surface area (Å²) in [6, 6.07) is 7.04. The molecule has 2 aromatic rings. The van der Waals surface area contributed by atoms with Crippen molar-refractivity contribution >= 4 is 5.97 Å². The van der Waals surface area contributed by atoms with Crippen LogP contribution in [0.3, 0.4) is 0 Å². The van der Waals surface area contributed by atoms with E-state index in [9.17, 15) is 4.79 Å². The average Bonchev–Trinajstić information content (AvgIpc) is 2.85. The Hall–Kier alpha value is -2.50. The third-order valence-corrected chi connectivity index (χ3v) is 2.66. The van der Waals surface area contributed by atoms with Gasteiger partial charge in [0.1, 0.15) is 11.5 Å². The van der Waals surface area contributed by atoms with Crippen molar-refractivity contribution in [2.75, 3.05) is 14.2 Å². The fraction of sp³-hybridized carbons (Fsp3) is 0.231. The molecule has 2 N–H and O–H groups in total. The van der Waals surface area contributed by atoms with Gasteiger partial charge in [0.2, 0.25) is 0 Å². The predicted molar refractivity (Wildman–Crippen MR) is 68.5 cm³/mol. The molecule has 0 amide bonds. The quantitative estimate of drug-likeness (QED) is 0.857. The summed E-state index contributed by atoms with van der Waals surface area (Å²) in [4.78, 5) is 10.6. The van der Waals surface area contributed by atoms with Crippen LogP contribution in [0.1, 0.15) is 5.69 Å². The SMILES string of the molecule is COc1ccc(OC)c(-c2cc(CC(=O)O)[nH]n2)c1. The van der Waals surface area contributed by atoms with Crippen LogP contribution in [0.15, 0.2) is 24.3 Å². The number of benzene rings is 1. The average molecular weight is 262 g/mol. The second-order valence-corrected chi connectivity index (χ2v) is 3.92. The number of nitrogens with one attached hydrogen (secondary N) is 1. The number of rotatable bonds is 5. The number of carbonyl (C=O) groups is 1. The Morgan fingerprint density at radius 1 is 1.32 bits per heavy atom. The molecule has 0 atom stereocenters. The Morgan fingerprint density at radius 2 is 2.11 bits per heavy atom. The largest absolute Gasteiger partial charge is 0.497 e. The Labute approximate surface area is 110 Å². The van der Waals surface area contributed by atoms with Gasteiger partial charge in [-0.1, -0.05) is 0 Å². The van der Waals surface area contributed by atoms with Crippen LogP contribution in [0, 0.1) is 0 Å². The van der Waals surface area contributed by atoms with Crippen molar-refractivity contribution in [2.24, 2.45) is 0 Å². The van der Waals surface area contributed by atoms with Crippen LogP contribution in [0.4, 0.5) is 0 Å². The van der Waals surface area contributed by atoms with E-state index in [1.807, 2.05) is 0 Å². The van der Waals surface area contributed by atoms with Crippen LogP contribution in [-0.4, -0.2) is 35.5 Å². The molecule has 6 nitrogen and oxygen atoms in total. The standard InChI is InChI=1S/C13H14N2O4/c1-18-9-3-4-12(19-2)10(7-9)11-5-8(14-15-11)6-13(16)17/h3-5,7H,6H2,1-2H3,(H,14,15)(H,16,17). The highest BCUT2D eigenvalue weighted by atomic mass is 16.5. The molecule has 0 aliphatic rings.